The number of ether oxygens (including phenoxy) is 1. The van der Waals surface area contributed by atoms with Crippen molar-refractivity contribution in [2.75, 3.05) is 0 Å². The number of hydrogen-bond acceptors (Lipinski definition) is 3. The van der Waals surface area contributed by atoms with Crippen LogP contribution < -0.4 is 0 Å². The van der Waals surface area contributed by atoms with Crippen LogP contribution in [0.2, 0.25) is 0 Å². The van der Waals surface area contributed by atoms with E-state index in [0.717, 1.165) is 24.8 Å². The second-order valence-electron chi connectivity index (χ2n) is 6.30. The molecule has 0 radical (unpaired) electrons. The minimum absolute atomic E-state index is 0.0168. The normalized spacial score (nSPS) is 43.6. The van der Waals surface area contributed by atoms with Gasteiger partial charge in [0.05, 0.1) is 11.3 Å². The molecule has 0 bridgehead atoms. The highest BCUT2D eigenvalue weighted by Gasteiger charge is 2.55. The monoisotopic (exact) mass is 248 g/mol. The Morgan fingerprint density at radius 1 is 1.28 bits per heavy atom. The molecule has 3 rings (SSSR count). The van der Waals surface area contributed by atoms with Gasteiger partial charge in [-0.05, 0) is 38.7 Å². The molecule has 0 aromatic rings. The second kappa shape index (κ2) is 3.69. The Hall–Kier alpha value is -1.12. The van der Waals surface area contributed by atoms with Crippen LogP contribution in [0.5, 0.6) is 0 Å². The van der Waals surface area contributed by atoms with E-state index in [9.17, 15) is 9.59 Å². The van der Waals surface area contributed by atoms with Crippen LogP contribution in [-0.4, -0.2) is 17.9 Å². The molecule has 2 aliphatic carbocycles. The first-order valence-electron chi connectivity index (χ1n) is 6.89. The summed E-state index contributed by atoms with van der Waals surface area (Å²) >= 11 is 0. The Kier molecular flexibility index (Phi) is 2.45. The van der Waals surface area contributed by atoms with Gasteiger partial charge in [0.2, 0.25) is 0 Å². The van der Waals surface area contributed by atoms with Gasteiger partial charge in [-0.3, -0.25) is 9.59 Å². The summed E-state index contributed by atoms with van der Waals surface area (Å²) < 4.78 is 5.58. The Balaban J connectivity index is 2.08. The van der Waals surface area contributed by atoms with Crippen LogP contribution in [0.4, 0.5) is 0 Å². The molecule has 2 fully saturated rings. The Morgan fingerprint density at radius 3 is 2.72 bits per heavy atom. The molecule has 1 saturated heterocycles. The third-order valence-electron chi connectivity index (χ3n) is 5.30. The van der Waals surface area contributed by atoms with E-state index >= 15 is 0 Å². The predicted molar refractivity (Wildman–Crippen MR) is 66.8 cm³/mol. The number of carbonyl (C=O) groups excluding carboxylic acids is 2. The standard InChI is InChI=1S/C15H20O3/c1-8-4-5-11(16)15(3)7-6-10-9(2)14(17)18-13(10)12(8)15/h9-10,13H,4-7H2,1-3H3/t9-,10+,13-,15+/m1/s1. The zero-order valence-corrected chi connectivity index (χ0v) is 11.3. The summed E-state index contributed by atoms with van der Waals surface area (Å²) in [7, 11) is 0. The first-order valence-corrected chi connectivity index (χ1v) is 6.89. The van der Waals surface area contributed by atoms with Crippen LogP contribution in [0.15, 0.2) is 11.1 Å². The molecule has 0 unspecified atom stereocenters. The van der Waals surface area contributed by atoms with Crippen LogP contribution in [0.25, 0.3) is 0 Å². The topological polar surface area (TPSA) is 43.4 Å². The van der Waals surface area contributed by atoms with Crippen LogP contribution in [-0.2, 0) is 14.3 Å². The number of carbonyl (C=O) groups is 2. The molecule has 4 atom stereocenters. The molecular formula is C15H20O3. The number of rotatable bonds is 0. The van der Waals surface area contributed by atoms with Gasteiger partial charge < -0.3 is 4.74 Å². The highest BCUT2D eigenvalue weighted by Crippen LogP contribution is 2.53. The van der Waals surface area contributed by atoms with E-state index in [2.05, 4.69) is 6.92 Å². The Labute approximate surface area is 108 Å². The summed E-state index contributed by atoms with van der Waals surface area (Å²) in [4.78, 5) is 24.1. The molecule has 3 nitrogen and oxygen atoms in total. The van der Waals surface area contributed by atoms with E-state index in [-0.39, 0.29) is 29.3 Å². The van der Waals surface area contributed by atoms with E-state index in [4.69, 9.17) is 4.74 Å². The first-order chi connectivity index (χ1) is 8.45. The second-order valence-corrected chi connectivity index (χ2v) is 6.30. The van der Waals surface area contributed by atoms with E-state index in [0.29, 0.717) is 12.2 Å². The largest absolute Gasteiger partial charge is 0.457 e. The number of esters is 1. The van der Waals surface area contributed by atoms with Gasteiger partial charge in [-0.1, -0.05) is 12.5 Å². The Morgan fingerprint density at radius 2 is 2.00 bits per heavy atom. The Bertz CT molecular complexity index is 462. The summed E-state index contributed by atoms with van der Waals surface area (Å²) in [5.74, 6) is 0.503. The third kappa shape index (κ3) is 1.36. The number of Topliss-reactive ketones (excluding diaryl/α,β-unsaturated/α-hetero) is 1. The molecule has 0 aromatic carbocycles. The van der Waals surface area contributed by atoms with Crippen LogP contribution >= 0.6 is 0 Å². The maximum absolute atomic E-state index is 12.3. The zero-order valence-electron chi connectivity index (χ0n) is 11.3. The summed E-state index contributed by atoms with van der Waals surface area (Å²) in [5, 5.41) is 0. The molecule has 0 spiro atoms. The molecule has 3 aliphatic rings. The fourth-order valence-corrected chi connectivity index (χ4v) is 4.05. The maximum atomic E-state index is 12.3. The smallest absolute Gasteiger partial charge is 0.309 e. The minimum Gasteiger partial charge on any atom is -0.457 e. The van der Waals surface area contributed by atoms with Crippen molar-refractivity contribution >= 4 is 11.8 Å². The number of hydrogen-bond donors (Lipinski definition) is 0. The highest BCUT2D eigenvalue weighted by atomic mass is 16.6. The average Bonchev–Trinajstić information content (AvgIpc) is 2.60. The van der Waals surface area contributed by atoms with Gasteiger partial charge in [0.15, 0.2) is 0 Å². The van der Waals surface area contributed by atoms with E-state index < -0.39 is 0 Å². The lowest BCUT2D eigenvalue weighted by molar-refractivity contribution is -0.144. The fourth-order valence-electron chi connectivity index (χ4n) is 4.05. The third-order valence-corrected chi connectivity index (χ3v) is 5.30. The van der Waals surface area contributed by atoms with Gasteiger partial charge in [0.1, 0.15) is 11.9 Å². The number of ketones is 1. The molecule has 1 heterocycles. The summed E-state index contributed by atoms with van der Waals surface area (Å²) in [5.41, 5.74) is 2.04. The van der Waals surface area contributed by atoms with Crippen LogP contribution in [0.3, 0.4) is 0 Å². The summed E-state index contributed by atoms with van der Waals surface area (Å²) in [6, 6.07) is 0. The van der Waals surface area contributed by atoms with Crippen molar-refractivity contribution in [3.63, 3.8) is 0 Å². The van der Waals surface area contributed by atoms with Crippen molar-refractivity contribution in [2.24, 2.45) is 17.3 Å². The van der Waals surface area contributed by atoms with E-state index in [1.54, 1.807) is 0 Å². The van der Waals surface area contributed by atoms with Gasteiger partial charge >= 0.3 is 5.97 Å². The summed E-state index contributed by atoms with van der Waals surface area (Å²) in [6.07, 6.45) is 3.15. The van der Waals surface area contributed by atoms with Gasteiger partial charge in [0.25, 0.3) is 0 Å². The van der Waals surface area contributed by atoms with Crippen LogP contribution in [0, 0.1) is 17.3 Å². The molecule has 1 saturated carbocycles. The first kappa shape index (κ1) is 11.9. The van der Waals surface area contributed by atoms with Crippen LogP contribution in [0.1, 0.15) is 46.5 Å². The molecule has 98 valence electrons. The molecule has 0 amide bonds. The van der Waals surface area contributed by atoms with E-state index in [1.807, 2.05) is 13.8 Å². The number of allylic oxidation sites excluding steroid dienone is 1. The van der Waals surface area contributed by atoms with Gasteiger partial charge in [-0.2, -0.15) is 0 Å². The lowest BCUT2D eigenvalue weighted by Crippen LogP contribution is -2.45. The van der Waals surface area contributed by atoms with Crippen molar-refractivity contribution in [1.82, 2.24) is 0 Å². The lowest BCUT2D eigenvalue weighted by Gasteiger charge is -2.44. The van der Waals surface area contributed by atoms with Crippen molar-refractivity contribution in [3.8, 4) is 0 Å². The maximum Gasteiger partial charge on any atom is 0.309 e. The van der Waals surface area contributed by atoms with Crippen molar-refractivity contribution in [2.45, 2.75) is 52.6 Å². The SMILES string of the molecule is CC1=C2[C@@H]3OC(=O)[C@H](C)[C@@H]3CC[C@@]2(C)C(=O)CC1. The molecule has 0 aromatic heterocycles. The van der Waals surface area contributed by atoms with Gasteiger partial charge in [-0.15, -0.1) is 0 Å². The van der Waals surface area contributed by atoms with Crippen molar-refractivity contribution in [1.29, 1.82) is 0 Å². The zero-order chi connectivity index (χ0) is 13.1. The van der Waals surface area contributed by atoms with Crippen molar-refractivity contribution < 1.29 is 14.3 Å². The van der Waals surface area contributed by atoms with E-state index in [1.165, 1.54) is 5.57 Å². The molecular weight excluding hydrogens is 228 g/mol. The fraction of sp³-hybridized carbons (Fsp3) is 0.733. The highest BCUT2D eigenvalue weighted by molar-refractivity contribution is 5.90. The quantitative estimate of drug-likeness (QED) is 0.489. The molecule has 0 N–H and O–H groups in total. The molecule has 3 heteroatoms. The van der Waals surface area contributed by atoms with Crippen molar-refractivity contribution in [3.05, 3.63) is 11.1 Å². The van der Waals surface area contributed by atoms with Gasteiger partial charge in [0, 0.05) is 12.3 Å². The predicted octanol–water partition coefficient (Wildman–Crippen LogP) is 2.64. The van der Waals surface area contributed by atoms with Gasteiger partial charge in [-0.25, -0.2) is 0 Å². The molecule has 18 heavy (non-hydrogen) atoms. The lowest BCUT2D eigenvalue weighted by atomic mass is 9.59. The summed E-state index contributed by atoms with van der Waals surface area (Å²) in [6.45, 7) is 6.09. The molecule has 1 aliphatic heterocycles. The average molecular weight is 248 g/mol. The minimum atomic E-state index is -0.367. The number of fused-ring (bicyclic) bond motifs is 3.